The summed E-state index contributed by atoms with van der Waals surface area (Å²) in [5.41, 5.74) is 6.75. The van der Waals surface area contributed by atoms with Gasteiger partial charge in [-0.25, -0.2) is 4.68 Å². The maximum absolute atomic E-state index is 5.63. The lowest BCUT2D eigenvalue weighted by Gasteiger charge is -2.01. The van der Waals surface area contributed by atoms with Crippen LogP contribution in [0.4, 0.5) is 0 Å². The number of nitrogens with two attached hydrogens (primary N) is 1. The topological polar surface area (TPSA) is 61.1 Å². The van der Waals surface area contributed by atoms with E-state index in [4.69, 9.17) is 5.73 Å². The van der Waals surface area contributed by atoms with Crippen molar-refractivity contribution in [1.82, 2.24) is 19.2 Å². The third kappa shape index (κ3) is 1.35. The molecule has 0 saturated heterocycles. The molecule has 0 amide bonds. The fourth-order valence-corrected chi connectivity index (χ4v) is 2.50. The molecule has 0 radical (unpaired) electrons. The van der Waals surface area contributed by atoms with Gasteiger partial charge in [-0.1, -0.05) is 0 Å². The molecule has 0 aromatic carbocycles. The van der Waals surface area contributed by atoms with Crippen LogP contribution in [0.15, 0.2) is 30.0 Å². The Morgan fingerprint density at radius 1 is 1.38 bits per heavy atom. The number of fused-ring (bicyclic) bond motifs is 1. The highest BCUT2D eigenvalue weighted by Crippen LogP contribution is 2.20. The molecular weight excluding hydrogens is 222 g/mol. The monoisotopic (exact) mass is 233 g/mol. The Bertz CT molecular complexity index is 592. The van der Waals surface area contributed by atoms with Gasteiger partial charge in [0.25, 0.3) is 0 Å². The van der Waals surface area contributed by atoms with Crippen LogP contribution < -0.4 is 5.73 Å². The zero-order chi connectivity index (χ0) is 11.0. The van der Waals surface area contributed by atoms with Crippen molar-refractivity contribution >= 4 is 16.3 Å². The number of hydrogen-bond donors (Lipinski definition) is 1. The molecule has 5 nitrogen and oxygen atoms in total. The first-order chi connectivity index (χ1) is 7.90. The molecule has 0 spiro atoms. The second-order valence-corrected chi connectivity index (χ2v) is 4.30. The van der Waals surface area contributed by atoms with E-state index < -0.39 is 0 Å². The van der Waals surface area contributed by atoms with E-state index in [0.717, 1.165) is 22.9 Å². The Balaban J connectivity index is 2.22. The summed E-state index contributed by atoms with van der Waals surface area (Å²) >= 11 is 1.62. The highest BCUT2D eigenvalue weighted by molar-refractivity contribution is 7.15. The van der Waals surface area contributed by atoms with Crippen LogP contribution in [0.2, 0.25) is 0 Å². The Labute approximate surface area is 96.1 Å². The number of thiazole rings is 1. The van der Waals surface area contributed by atoms with Gasteiger partial charge in [-0.05, 0) is 12.6 Å². The van der Waals surface area contributed by atoms with Gasteiger partial charge in [-0.3, -0.25) is 4.40 Å². The molecular formula is C10H11N5S. The smallest absolute Gasteiger partial charge is 0.195 e. The molecule has 0 unspecified atom stereocenters. The van der Waals surface area contributed by atoms with Crippen molar-refractivity contribution in [2.45, 2.75) is 6.42 Å². The van der Waals surface area contributed by atoms with Crippen molar-refractivity contribution in [1.29, 1.82) is 0 Å². The van der Waals surface area contributed by atoms with E-state index >= 15 is 0 Å². The minimum Gasteiger partial charge on any atom is -0.330 e. The number of nitrogens with zero attached hydrogens (tertiary/aromatic N) is 4. The summed E-state index contributed by atoms with van der Waals surface area (Å²) in [4.78, 5) is 5.54. The largest absolute Gasteiger partial charge is 0.330 e. The van der Waals surface area contributed by atoms with E-state index in [9.17, 15) is 0 Å². The summed E-state index contributed by atoms with van der Waals surface area (Å²) in [5, 5.41) is 6.23. The quantitative estimate of drug-likeness (QED) is 0.736. The van der Waals surface area contributed by atoms with E-state index in [2.05, 4.69) is 14.5 Å². The molecule has 3 heterocycles. The molecule has 82 valence electrons. The molecule has 0 aliphatic rings. The third-order valence-corrected chi connectivity index (χ3v) is 3.20. The summed E-state index contributed by atoms with van der Waals surface area (Å²) in [6.07, 6.45) is 6.46. The molecule has 3 aromatic heterocycles. The molecule has 0 bridgehead atoms. The van der Waals surface area contributed by atoms with Gasteiger partial charge in [-0.15, -0.1) is 11.3 Å². The second-order valence-electron chi connectivity index (χ2n) is 3.43. The van der Waals surface area contributed by atoms with Crippen LogP contribution in [-0.2, 0) is 6.42 Å². The fraction of sp³-hybridized carbons (Fsp3) is 0.200. The van der Waals surface area contributed by atoms with Crippen LogP contribution in [0.5, 0.6) is 0 Å². The van der Waals surface area contributed by atoms with Crippen LogP contribution in [-0.4, -0.2) is 25.7 Å². The summed E-state index contributed by atoms with van der Waals surface area (Å²) in [7, 11) is 0. The normalized spacial score (nSPS) is 11.3. The van der Waals surface area contributed by atoms with E-state index in [1.54, 1.807) is 22.2 Å². The number of rotatable bonds is 3. The average molecular weight is 233 g/mol. The van der Waals surface area contributed by atoms with Crippen molar-refractivity contribution in [2.24, 2.45) is 5.73 Å². The predicted octanol–water partition coefficient (Wildman–Crippen LogP) is 1.08. The van der Waals surface area contributed by atoms with Gasteiger partial charge in [0.05, 0.1) is 5.69 Å². The Hall–Kier alpha value is -1.66. The first-order valence-corrected chi connectivity index (χ1v) is 5.92. The van der Waals surface area contributed by atoms with Crippen LogP contribution in [0.25, 0.3) is 10.8 Å². The minimum atomic E-state index is 0.609. The molecule has 0 saturated carbocycles. The molecule has 0 aliphatic heterocycles. The van der Waals surface area contributed by atoms with Crippen molar-refractivity contribution < 1.29 is 0 Å². The van der Waals surface area contributed by atoms with Crippen molar-refractivity contribution in [3.63, 3.8) is 0 Å². The van der Waals surface area contributed by atoms with Crippen molar-refractivity contribution in [2.75, 3.05) is 6.54 Å². The van der Waals surface area contributed by atoms with Gasteiger partial charge in [0.2, 0.25) is 0 Å². The van der Waals surface area contributed by atoms with Crippen LogP contribution in [0.3, 0.4) is 0 Å². The molecule has 3 rings (SSSR count). The molecule has 2 N–H and O–H groups in total. The molecule has 0 atom stereocenters. The van der Waals surface area contributed by atoms with Gasteiger partial charge in [-0.2, -0.15) is 10.1 Å². The van der Waals surface area contributed by atoms with E-state index in [-0.39, 0.29) is 0 Å². The van der Waals surface area contributed by atoms with E-state index in [1.165, 1.54) is 0 Å². The highest BCUT2D eigenvalue weighted by atomic mass is 32.1. The zero-order valence-electron chi connectivity index (χ0n) is 8.58. The van der Waals surface area contributed by atoms with Crippen molar-refractivity contribution in [3.05, 3.63) is 35.7 Å². The molecule has 3 aromatic rings. The standard InChI is InChI=1S/C10H11N5S/c11-3-2-8-9(15-5-1-4-12-15)13-10-14(8)6-7-16-10/h1,4-7H,2-3,11H2. The van der Waals surface area contributed by atoms with Gasteiger partial charge < -0.3 is 5.73 Å². The fourth-order valence-electron chi connectivity index (χ4n) is 1.77. The minimum absolute atomic E-state index is 0.609. The van der Waals surface area contributed by atoms with E-state index in [0.29, 0.717) is 6.54 Å². The highest BCUT2D eigenvalue weighted by Gasteiger charge is 2.13. The van der Waals surface area contributed by atoms with Crippen LogP contribution in [0, 0.1) is 0 Å². The van der Waals surface area contributed by atoms with Gasteiger partial charge in [0.15, 0.2) is 10.8 Å². The van der Waals surface area contributed by atoms with E-state index in [1.807, 2.05) is 23.8 Å². The van der Waals surface area contributed by atoms with Gasteiger partial charge in [0.1, 0.15) is 0 Å². The predicted molar refractivity (Wildman–Crippen MR) is 62.9 cm³/mol. The second kappa shape index (κ2) is 3.73. The summed E-state index contributed by atoms with van der Waals surface area (Å²) < 4.78 is 3.86. The van der Waals surface area contributed by atoms with Crippen LogP contribution in [0.1, 0.15) is 5.69 Å². The Kier molecular flexibility index (Phi) is 2.23. The first-order valence-electron chi connectivity index (χ1n) is 5.04. The lowest BCUT2D eigenvalue weighted by molar-refractivity contribution is 0.816. The van der Waals surface area contributed by atoms with Gasteiger partial charge in [0, 0.05) is 30.4 Å². The summed E-state index contributed by atoms with van der Waals surface area (Å²) in [6.45, 7) is 0.609. The Morgan fingerprint density at radius 2 is 2.31 bits per heavy atom. The lowest BCUT2D eigenvalue weighted by atomic mass is 10.3. The molecule has 16 heavy (non-hydrogen) atoms. The maximum atomic E-state index is 5.63. The molecule has 6 heteroatoms. The summed E-state index contributed by atoms with van der Waals surface area (Å²) in [6, 6.07) is 1.89. The maximum Gasteiger partial charge on any atom is 0.195 e. The van der Waals surface area contributed by atoms with Gasteiger partial charge >= 0.3 is 0 Å². The lowest BCUT2D eigenvalue weighted by Crippen LogP contribution is -2.08. The molecule has 0 aliphatic carbocycles. The first kappa shape index (κ1) is 9.56. The SMILES string of the molecule is NCCc1c(-n2cccn2)nc2sccn12. The molecule has 0 fully saturated rings. The third-order valence-electron chi connectivity index (χ3n) is 2.44. The van der Waals surface area contributed by atoms with Crippen molar-refractivity contribution in [3.8, 4) is 5.82 Å². The van der Waals surface area contributed by atoms with Crippen LogP contribution >= 0.6 is 11.3 Å². The Morgan fingerprint density at radius 3 is 3.06 bits per heavy atom. The summed E-state index contributed by atoms with van der Waals surface area (Å²) in [5.74, 6) is 0.877. The zero-order valence-corrected chi connectivity index (χ0v) is 9.39. The number of imidazole rings is 1. The average Bonchev–Trinajstić information content (AvgIpc) is 2.93. The number of aromatic nitrogens is 4. The number of hydrogen-bond acceptors (Lipinski definition) is 4.